The number of hydrogen-bond acceptors (Lipinski definition) is 3. The van der Waals surface area contributed by atoms with Crippen LogP contribution in [0.5, 0.6) is 0 Å². The number of aliphatic carboxylic acids is 1. The predicted molar refractivity (Wildman–Crippen MR) is 56.7 cm³/mol. The fourth-order valence-electron chi connectivity index (χ4n) is 1.93. The lowest BCUT2D eigenvalue weighted by Crippen LogP contribution is -2.54. The van der Waals surface area contributed by atoms with Crippen LogP contribution in [0, 0.1) is 5.41 Å². The van der Waals surface area contributed by atoms with Crippen LogP contribution in [-0.2, 0) is 4.79 Å². The molecular formula is C9H18N4O2. The molecule has 1 rings (SSSR count). The average Bonchev–Trinajstić information content (AvgIpc) is 2.18. The van der Waals surface area contributed by atoms with E-state index in [9.17, 15) is 4.79 Å². The highest BCUT2D eigenvalue weighted by Crippen LogP contribution is 2.14. The quantitative estimate of drug-likeness (QED) is 0.371. The van der Waals surface area contributed by atoms with E-state index in [1.165, 1.54) is 4.90 Å². The highest BCUT2D eigenvalue weighted by Gasteiger charge is 2.29. The van der Waals surface area contributed by atoms with E-state index in [4.69, 9.17) is 16.2 Å². The number of carboxylic acid groups (broad SMARTS) is 1. The fourth-order valence-corrected chi connectivity index (χ4v) is 1.93. The van der Waals surface area contributed by atoms with Crippen LogP contribution in [0.1, 0.15) is 19.8 Å². The number of nitrogens with zero attached hydrogens (tertiary/aromatic N) is 1. The lowest BCUT2D eigenvalue weighted by Gasteiger charge is -2.37. The molecule has 0 bridgehead atoms. The summed E-state index contributed by atoms with van der Waals surface area (Å²) in [4.78, 5) is 12.4. The van der Waals surface area contributed by atoms with Crippen molar-refractivity contribution in [1.82, 2.24) is 10.2 Å². The monoisotopic (exact) mass is 214 g/mol. The summed E-state index contributed by atoms with van der Waals surface area (Å²) in [5.41, 5.74) is 5.43. The molecule has 5 N–H and O–H groups in total. The minimum absolute atomic E-state index is 0.0647. The van der Waals surface area contributed by atoms with Crippen molar-refractivity contribution in [1.29, 1.82) is 5.41 Å². The van der Waals surface area contributed by atoms with Gasteiger partial charge in [0.15, 0.2) is 5.96 Å². The van der Waals surface area contributed by atoms with Gasteiger partial charge in [-0.2, -0.15) is 0 Å². The van der Waals surface area contributed by atoms with Crippen molar-refractivity contribution in [3.63, 3.8) is 0 Å². The Morgan fingerprint density at radius 2 is 2.13 bits per heavy atom. The zero-order valence-corrected chi connectivity index (χ0v) is 8.86. The molecule has 1 atom stereocenters. The van der Waals surface area contributed by atoms with E-state index >= 15 is 0 Å². The third-order valence-electron chi connectivity index (χ3n) is 2.75. The van der Waals surface area contributed by atoms with Gasteiger partial charge >= 0.3 is 5.97 Å². The molecule has 0 aromatic rings. The first kappa shape index (κ1) is 11.8. The van der Waals surface area contributed by atoms with Crippen LogP contribution in [-0.4, -0.2) is 47.1 Å². The predicted octanol–water partition coefficient (Wildman–Crippen LogP) is -0.593. The molecule has 15 heavy (non-hydrogen) atoms. The van der Waals surface area contributed by atoms with Crippen LogP contribution in [0.15, 0.2) is 0 Å². The second kappa shape index (κ2) is 4.97. The van der Waals surface area contributed by atoms with Crippen molar-refractivity contribution in [3.8, 4) is 0 Å². The minimum Gasteiger partial charge on any atom is -0.480 e. The molecule has 6 nitrogen and oxygen atoms in total. The van der Waals surface area contributed by atoms with Crippen LogP contribution in [0.25, 0.3) is 0 Å². The van der Waals surface area contributed by atoms with Crippen LogP contribution in [0.4, 0.5) is 0 Å². The van der Waals surface area contributed by atoms with Gasteiger partial charge in [0, 0.05) is 6.04 Å². The SMILES string of the molecule is C[C@@H](C(=O)O)N(C(=N)N)C1CCNCC1. The van der Waals surface area contributed by atoms with Gasteiger partial charge in [0.2, 0.25) is 0 Å². The lowest BCUT2D eigenvalue weighted by molar-refractivity contribution is -0.142. The third-order valence-corrected chi connectivity index (χ3v) is 2.75. The molecule has 1 saturated heterocycles. The van der Waals surface area contributed by atoms with Crippen molar-refractivity contribution < 1.29 is 9.90 Å². The molecule has 0 aliphatic carbocycles. The molecule has 0 aromatic carbocycles. The number of nitrogens with two attached hydrogens (primary N) is 1. The Bertz CT molecular complexity index is 250. The summed E-state index contributed by atoms with van der Waals surface area (Å²) in [7, 11) is 0. The Kier molecular flexibility index (Phi) is 3.90. The summed E-state index contributed by atoms with van der Waals surface area (Å²) in [6.45, 7) is 3.26. The maximum atomic E-state index is 10.9. The van der Waals surface area contributed by atoms with Crippen LogP contribution >= 0.6 is 0 Å². The van der Waals surface area contributed by atoms with Crippen LogP contribution in [0.2, 0.25) is 0 Å². The molecule has 1 heterocycles. The minimum atomic E-state index is -0.941. The fraction of sp³-hybridized carbons (Fsp3) is 0.778. The van der Waals surface area contributed by atoms with Gasteiger partial charge in [-0.25, -0.2) is 4.79 Å². The van der Waals surface area contributed by atoms with Gasteiger partial charge in [-0.05, 0) is 32.9 Å². The number of hydrogen-bond donors (Lipinski definition) is 4. The summed E-state index contributed by atoms with van der Waals surface area (Å²) < 4.78 is 0. The second-order valence-electron chi connectivity index (χ2n) is 3.79. The first-order valence-electron chi connectivity index (χ1n) is 5.10. The van der Waals surface area contributed by atoms with Crippen LogP contribution < -0.4 is 11.1 Å². The molecule has 0 radical (unpaired) electrons. The molecule has 0 spiro atoms. The van der Waals surface area contributed by atoms with Gasteiger partial charge in [-0.3, -0.25) is 5.41 Å². The van der Waals surface area contributed by atoms with Crippen molar-refractivity contribution in [2.45, 2.75) is 31.8 Å². The zero-order valence-electron chi connectivity index (χ0n) is 8.86. The van der Waals surface area contributed by atoms with Crippen LogP contribution in [0.3, 0.4) is 0 Å². The summed E-state index contributed by atoms with van der Waals surface area (Å²) in [5, 5.41) is 19.5. The second-order valence-corrected chi connectivity index (χ2v) is 3.79. The molecule has 1 aliphatic rings. The first-order valence-corrected chi connectivity index (χ1v) is 5.10. The van der Waals surface area contributed by atoms with Gasteiger partial charge in [0.05, 0.1) is 0 Å². The summed E-state index contributed by atoms with van der Waals surface area (Å²) in [6, 6.07) is -0.666. The van der Waals surface area contributed by atoms with Crippen molar-refractivity contribution in [2.24, 2.45) is 5.73 Å². The highest BCUT2D eigenvalue weighted by atomic mass is 16.4. The molecule has 1 fully saturated rings. The number of nitrogens with one attached hydrogen (secondary N) is 2. The average molecular weight is 214 g/mol. The Morgan fingerprint density at radius 1 is 1.60 bits per heavy atom. The summed E-state index contributed by atoms with van der Waals surface area (Å²) in [6.07, 6.45) is 1.66. The van der Waals surface area contributed by atoms with Gasteiger partial charge < -0.3 is 21.1 Å². The van der Waals surface area contributed by atoms with Gasteiger partial charge in [0.25, 0.3) is 0 Å². The molecule has 86 valence electrons. The molecule has 6 heteroatoms. The molecule has 0 saturated carbocycles. The van der Waals surface area contributed by atoms with Gasteiger partial charge in [0.1, 0.15) is 6.04 Å². The lowest BCUT2D eigenvalue weighted by atomic mass is 10.0. The number of piperidine rings is 1. The topological polar surface area (TPSA) is 102 Å². The number of carbonyl (C=O) groups is 1. The van der Waals surface area contributed by atoms with E-state index in [2.05, 4.69) is 5.32 Å². The van der Waals surface area contributed by atoms with E-state index in [1.54, 1.807) is 6.92 Å². The Labute approximate surface area is 88.9 Å². The Balaban J connectivity index is 2.71. The normalized spacial score (nSPS) is 19.5. The molecule has 0 amide bonds. The van der Waals surface area contributed by atoms with Crippen molar-refractivity contribution in [3.05, 3.63) is 0 Å². The van der Waals surface area contributed by atoms with Gasteiger partial charge in [-0.1, -0.05) is 0 Å². The number of guanidine groups is 1. The first-order chi connectivity index (χ1) is 7.04. The third kappa shape index (κ3) is 2.82. The molecule has 0 unspecified atom stereocenters. The van der Waals surface area contributed by atoms with E-state index < -0.39 is 12.0 Å². The molecule has 1 aliphatic heterocycles. The van der Waals surface area contributed by atoms with Gasteiger partial charge in [-0.15, -0.1) is 0 Å². The smallest absolute Gasteiger partial charge is 0.326 e. The van der Waals surface area contributed by atoms with Crippen molar-refractivity contribution in [2.75, 3.05) is 13.1 Å². The molecular weight excluding hydrogens is 196 g/mol. The maximum Gasteiger partial charge on any atom is 0.326 e. The van der Waals surface area contributed by atoms with E-state index in [0.717, 1.165) is 25.9 Å². The maximum absolute atomic E-state index is 10.9. The number of carboxylic acids is 1. The van der Waals surface area contributed by atoms with Crippen molar-refractivity contribution >= 4 is 11.9 Å². The Hall–Kier alpha value is -1.30. The number of rotatable bonds is 3. The Morgan fingerprint density at radius 3 is 2.53 bits per heavy atom. The standard InChI is InChI=1S/C9H18N4O2/c1-6(8(14)15)13(9(10)11)7-2-4-12-5-3-7/h6-7,12H,2-5H2,1H3,(H3,10,11)(H,14,15)/t6-/m0/s1. The molecule has 0 aromatic heterocycles. The largest absolute Gasteiger partial charge is 0.480 e. The van der Waals surface area contributed by atoms with E-state index in [1.807, 2.05) is 0 Å². The zero-order chi connectivity index (χ0) is 11.4. The van der Waals surface area contributed by atoms with E-state index in [0.29, 0.717) is 0 Å². The highest BCUT2D eigenvalue weighted by molar-refractivity contribution is 5.82. The summed E-state index contributed by atoms with van der Waals surface area (Å²) >= 11 is 0. The van der Waals surface area contributed by atoms with E-state index in [-0.39, 0.29) is 12.0 Å². The summed E-state index contributed by atoms with van der Waals surface area (Å²) in [5.74, 6) is -1.10.